The van der Waals surface area contributed by atoms with Gasteiger partial charge in [0, 0.05) is 6.07 Å². The van der Waals surface area contributed by atoms with E-state index in [4.69, 9.17) is 9.47 Å². The SMILES string of the molecule is CCOc1ccc(C(O)c2ccc(OC)nn2)cc1. The zero-order chi connectivity index (χ0) is 13.7. The Morgan fingerprint density at radius 2 is 1.84 bits per heavy atom. The summed E-state index contributed by atoms with van der Waals surface area (Å²) < 4.78 is 10.3. The highest BCUT2D eigenvalue weighted by Gasteiger charge is 2.12. The first-order valence-electron chi connectivity index (χ1n) is 6.03. The lowest BCUT2D eigenvalue weighted by Crippen LogP contribution is -2.04. The van der Waals surface area contributed by atoms with Gasteiger partial charge in [-0.25, -0.2) is 0 Å². The molecule has 2 aromatic rings. The molecule has 0 bridgehead atoms. The fourth-order valence-electron chi connectivity index (χ4n) is 1.67. The Bertz CT molecular complexity index is 511. The minimum Gasteiger partial charge on any atom is -0.494 e. The van der Waals surface area contributed by atoms with Gasteiger partial charge < -0.3 is 14.6 Å². The van der Waals surface area contributed by atoms with Gasteiger partial charge in [-0.2, -0.15) is 0 Å². The summed E-state index contributed by atoms with van der Waals surface area (Å²) in [5.74, 6) is 1.20. The summed E-state index contributed by atoms with van der Waals surface area (Å²) in [6, 6.07) is 10.6. The van der Waals surface area contributed by atoms with Gasteiger partial charge >= 0.3 is 0 Å². The van der Waals surface area contributed by atoms with Gasteiger partial charge in [0.1, 0.15) is 11.9 Å². The summed E-state index contributed by atoms with van der Waals surface area (Å²) in [6.07, 6.45) is -0.811. The number of aliphatic hydroxyl groups is 1. The topological polar surface area (TPSA) is 64.5 Å². The number of benzene rings is 1. The third-order valence-electron chi connectivity index (χ3n) is 2.66. The lowest BCUT2D eigenvalue weighted by Gasteiger charge is -2.11. The van der Waals surface area contributed by atoms with Crippen molar-refractivity contribution in [2.45, 2.75) is 13.0 Å². The summed E-state index contributed by atoms with van der Waals surface area (Å²) in [4.78, 5) is 0. The van der Waals surface area contributed by atoms with Crippen molar-refractivity contribution < 1.29 is 14.6 Å². The van der Waals surface area contributed by atoms with Crippen LogP contribution in [0.1, 0.15) is 24.3 Å². The maximum Gasteiger partial charge on any atom is 0.233 e. The van der Waals surface area contributed by atoms with Crippen LogP contribution in [0.4, 0.5) is 0 Å². The van der Waals surface area contributed by atoms with E-state index in [9.17, 15) is 5.11 Å². The molecule has 0 radical (unpaired) electrons. The molecule has 1 heterocycles. The monoisotopic (exact) mass is 260 g/mol. The molecule has 0 aliphatic rings. The van der Waals surface area contributed by atoms with Gasteiger partial charge in [-0.1, -0.05) is 12.1 Å². The molecule has 0 saturated carbocycles. The zero-order valence-corrected chi connectivity index (χ0v) is 10.9. The second kappa shape index (κ2) is 6.15. The molecule has 5 nitrogen and oxygen atoms in total. The third kappa shape index (κ3) is 3.20. The highest BCUT2D eigenvalue weighted by molar-refractivity contribution is 5.32. The minimum absolute atomic E-state index is 0.419. The van der Waals surface area contributed by atoms with E-state index in [2.05, 4.69) is 10.2 Å². The van der Waals surface area contributed by atoms with Crippen LogP contribution in [0.25, 0.3) is 0 Å². The first kappa shape index (κ1) is 13.3. The number of hydrogen-bond acceptors (Lipinski definition) is 5. The van der Waals surface area contributed by atoms with Crippen LogP contribution in [0.2, 0.25) is 0 Å². The molecule has 0 spiro atoms. The smallest absolute Gasteiger partial charge is 0.233 e. The van der Waals surface area contributed by atoms with Crippen molar-refractivity contribution in [3.63, 3.8) is 0 Å². The molecular formula is C14H16N2O3. The second-order valence-corrected chi connectivity index (χ2v) is 3.91. The molecule has 0 saturated heterocycles. The molecule has 100 valence electrons. The Kier molecular flexibility index (Phi) is 4.30. The number of aliphatic hydroxyl groups excluding tert-OH is 1. The molecular weight excluding hydrogens is 244 g/mol. The van der Waals surface area contributed by atoms with E-state index >= 15 is 0 Å². The number of rotatable bonds is 5. The highest BCUT2D eigenvalue weighted by Crippen LogP contribution is 2.22. The molecule has 1 aromatic heterocycles. The number of nitrogens with zero attached hydrogens (tertiary/aromatic N) is 2. The normalized spacial score (nSPS) is 11.9. The van der Waals surface area contributed by atoms with Crippen LogP contribution >= 0.6 is 0 Å². The van der Waals surface area contributed by atoms with E-state index in [1.807, 2.05) is 31.2 Å². The maximum absolute atomic E-state index is 10.2. The van der Waals surface area contributed by atoms with Crippen molar-refractivity contribution in [2.24, 2.45) is 0 Å². The van der Waals surface area contributed by atoms with Crippen molar-refractivity contribution in [2.75, 3.05) is 13.7 Å². The molecule has 5 heteroatoms. The van der Waals surface area contributed by atoms with Crippen LogP contribution in [-0.4, -0.2) is 29.0 Å². The summed E-state index contributed by atoms with van der Waals surface area (Å²) in [5, 5.41) is 18.0. The summed E-state index contributed by atoms with van der Waals surface area (Å²) in [5.41, 5.74) is 1.22. The molecule has 2 rings (SSSR count). The van der Waals surface area contributed by atoms with Crippen LogP contribution in [0, 0.1) is 0 Å². The van der Waals surface area contributed by atoms with E-state index in [0.717, 1.165) is 11.3 Å². The van der Waals surface area contributed by atoms with E-state index in [1.54, 1.807) is 12.1 Å². The Balaban J connectivity index is 2.15. The van der Waals surface area contributed by atoms with Gasteiger partial charge in [-0.05, 0) is 30.7 Å². The van der Waals surface area contributed by atoms with Crippen LogP contribution in [0.3, 0.4) is 0 Å². The average molecular weight is 260 g/mol. The van der Waals surface area contributed by atoms with Crippen molar-refractivity contribution in [3.8, 4) is 11.6 Å². The molecule has 1 unspecified atom stereocenters. The van der Waals surface area contributed by atoms with E-state index in [-0.39, 0.29) is 0 Å². The quantitative estimate of drug-likeness (QED) is 0.890. The van der Waals surface area contributed by atoms with Crippen LogP contribution < -0.4 is 9.47 Å². The van der Waals surface area contributed by atoms with Crippen molar-refractivity contribution in [1.29, 1.82) is 0 Å². The Morgan fingerprint density at radius 3 is 2.37 bits per heavy atom. The standard InChI is InChI=1S/C14H16N2O3/c1-3-19-11-6-4-10(5-7-11)14(17)12-8-9-13(18-2)16-15-12/h4-9,14,17H,3H2,1-2H3. The lowest BCUT2D eigenvalue weighted by atomic mass is 10.1. The number of ether oxygens (including phenoxy) is 2. The van der Waals surface area contributed by atoms with Crippen LogP contribution in [0.5, 0.6) is 11.6 Å². The van der Waals surface area contributed by atoms with Gasteiger partial charge in [-0.3, -0.25) is 0 Å². The molecule has 1 atom stereocenters. The largest absolute Gasteiger partial charge is 0.494 e. The maximum atomic E-state index is 10.2. The van der Waals surface area contributed by atoms with E-state index in [1.165, 1.54) is 7.11 Å². The van der Waals surface area contributed by atoms with Gasteiger partial charge in [0.05, 0.1) is 19.4 Å². The first-order valence-corrected chi connectivity index (χ1v) is 6.03. The molecule has 0 amide bonds. The fourth-order valence-corrected chi connectivity index (χ4v) is 1.67. The lowest BCUT2D eigenvalue weighted by molar-refractivity contribution is 0.213. The molecule has 0 aliphatic carbocycles. The molecule has 19 heavy (non-hydrogen) atoms. The Morgan fingerprint density at radius 1 is 1.11 bits per heavy atom. The Labute approximate surface area is 111 Å². The molecule has 0 aliphatic heterocycles. The van der Waals surface area contributed by atoms with Gasteiger partial charge in [0.25, 0.3) is 0 Å². The highest BCUT2D eigenvalue weighted by atomic mass is 16.5. The molecule has 1 N–H and O–H groups in total. The van der Waals surface area contributed by atoms with E-state index < -0.39 is 6.10 Å². The van der Waals surface area contributed by atoms with Crippen molar-refractivity contribution in [3.05, 3.63) is 47.7 Å². The predicted octanol–water partition coefficient (Wildman–Crippen LogP) is 1.97. The average Bonchev–Trinajstić information content (AvgIpc) is 2.48. The summed E-state index contributed by atoms with van der Waals surface area (Å²) >= 11 is 0. The number of aromatic nitrogens is 2. The molecule has 0 fully saturated rings. The number of hydrogen-bond donors (Lipinski definition) is 1. The van der Waals surface area contributed by atoms with Crippen LogP contribution in [-0.2, 0) is 0 Å². The van der Waals surface area contributed by atoms with Gasteiger partial charge in [0.2, 0.25) is 5.88 Å². The van der Waals surface area contributed by atoms with Crippen molar-refractivity contribution >= 4 is 0 Å². The van der Waals surface area contributed by atoms with Gasteiger partial charge in [-0.15, -0.1) is 10.2 Å². The zero-order valence-electron chi connectivity index (χ0n) is 10.9. The summed E-state index contributed by atoms with van der Waals surface area (Å²) in [7, 11) is 1.52. The Hall–Kier alpha value is -2.14. The first-order chi connectivity index (χ1) is 9.24. The van der Waals surface area contributed by atoms with Crippen LogP contribution in [0.15, 0.2) is 36.4 Å². The number of methoxy groups -OCH3 is 1. The third-order valence-corrected chi connectivity index (χ3v) is 2.66. The van der Waals surface area contributed by atoms with Gasteiger partial charge in [0.15, 0.2) is 0 Å². The minimum atomic E-state index is -0.811. The molecule has 1 aromatic carbocycles. The van der Waals surface area contributed by atoms with Crippen molar-refractivity contribution in [1.82, 2.24) is 10.2 Å². The predicted molar refractivity (Wildman–Crippen MR) is 70.3 cm³/mol. The van der Waals surface area contributed by atoms with E-state index in [0.29, 0.717) is 18.2 Å². The fraction of sp³-hybridized carbons (Fsp3) is 0.286. The second-order valence-electron chi connectivity index (χ2n) is 3.91. The summed E-state index contributed by atoms with van der Waals surface area (Å²) in [6.45, 7) is 2.54.